The molecule has 1 aliphatic rings. The van der Waals surface area contributed by atoms with Crippen molar-refractivity contribution in [2.45, 2.75) is 31.3 Å². The van der Waals surface area contributed by atoms with Crippen LogP contribution in [0.5, 0.6) is 0 Å². The Kier molecular flexibility index (Phi) is 4.04. The molecule has 1 aromatic rings. The molecule has 5 nitrogen and oxygen atoms in total. The van der Waals surface area contributed by atoms with Crippen LogP contribution in [0.3, 0.4) is 0 Å². The van der Waals surface area contributed by atoms with Gasteiger partial charge in [0, 0.05) is 31.9 Å². The molecule has 0 spiro atoms. The molecule has 2 rings (SSSR count). The van der Waals surface area contributed by atoms with Gasteiger partial charge < -0.3 is 20.4 Å². The fourth-order valence-corrected chi connectivity index (χ4v) is 2.16. The largest absolute Gasteiger partial charge is 0.383 e. The molecule has 0 aromatic carbocycles. The lowest BCUT2D eigenvalue weighted by atomic mass is 9.78. The van der Waals surface area contributed by atoms with E-state index < -0.39 is 0 Å². The summed E-state index contributed by atoms with van der Waals surface area (Å²) < 4.78 is 6.91. The summed E-state index contributed by atoms with van der Waals surface area (Å²) in [6.07, 6.45) is 5.04. The molecule has 5 heteroatoms. The van der Waals surface area contributed by atoms with Gasteiger partial charge >= 0.3 is 0 Å². The molecule has 1 aliphatic carbocycles. The van der Waals surface area contributed by atoms with Gasteiger partial charge in [-0.2, -0.15) is 0 Å². The highest BCUT2D eigenvalue weighted by Gasteiger charge is 2.32. The monoisotopic (exact) mass is 251 g/mol. The molecule has 0 radical (unpaired) electrons. The minimum Gasteiger partial charge on any atom is -0.383 e. The zero-order valence-corrected chi connectivity index (χ0v) is 10.8. The zero-order valence-electron chi connectivity index (χ0n) is 10.8. The fraction of sp³-hybridized carbons (Fsp3) is 0.615. The first-order valence-electron chi connectivity index (χ1n) is 6.36. The van der Waals surface area contributed by atoms with E-state index in [4.69, 9.17) is 10.5 Å². The number of nitrogens with two attached hydrogens (primary N) is 1. The van der Waals surface area contributed by atoms with Crippen LogP contribution in [0.2, 0.25) is 0 Å². The maximum absolute atomic E-state index is 12.0. The zero-order chi connectivity index (χ0) is 13.0. The van der Waals surface area contributed by atoms with E-state index in [0.29, 0.717) is 25.4 Å². The highest BCUT2D eigenvalue weighted by molar-refractivity contribution is 5.92. The predicted octanol–water partition coefficient (Wildman–Crippen LogP) is 0.746. The summed E-state index contributed by atoms with van der Waals surface area (Å²) >= 11 is 0. The smallest absolute Gasteiger partial charge is 0.267 e. The van der Waals surface area contributed by atoms with Crippen molar-refractivity contribution >= 4 is 5.91 Å². The van der Waals surface area contributed by atoms with Gasteiger partial charge in [-0.3, -0.25) is 4.79 Å². The van der Waals surface area contributed by atoms with Crippen molar-refractivity contribution < 1.29 is 9.53 Å². The van der Waals surface area contributed by atoms with Gasteiger partial charge in [0.1, 0.15) is 5.69 Å². The quantitative estimate of drug-likeness (QED) is 0.783. The number of methoxy groups -OCH3 is 1. The Morgan fingerprint density at radius 3 is 3.00 bits per heavy atom. The Morgan fingerprint density at radius 2 is 2.39 bits per heavy atom. The summed E-state index contributed by atoms with van der Waals surface area (Å²) in [5.74, 6) is -0.0622. The first kappa shape index (κ1) is 13.1. The van der Waals surface area contributed by atoms with Gasteiger partial charge in [0.2, 0.25) is 0 Å². The second-order valence-corrected chi connectivity index (χ2v) is 4.98. The van der Waals surface area contributed by atoms with E-state index in [9.17, 15) is 4.79 Å². The maximum Gasteiger partial charge on any atom is 0.267 e. The molecular weight excluding hydrogens is 230 g/mol. The van der Waals surface area contributed by atoms with Crippen LogP contribution in [0.15, 0.2) is 18.3 Å². The Hall–Kier alpha value is -1.33. The molecule has 0 unspecified atom stereocenters. The summed E-state index contributed by atoms with van der Waals surface area (Å²) in [6.45, 7) is 1.83. The van der Waals surface area contributed by atoms with Crippen LogP contribution in [0.1, 0.15) is 29.8 Å². The third-order valence-electron chi connectivity index (χ3n) is 3.55. The van der Waals surface area contributed by atoms with E-state index >= 15 is 0 Å². The first-order chi connectivity index (χ1) is 8.64. The molecule has 0 bridgehead atoms. The van der Waals surface area contributed by atoms with Crippen molar-refractivity contribution in [3.63, 3.8) is 0 Å². The van der Waals surface area contributed by atoms with Gasteiger partial charge in [0.25, 0.3) is 5.91 Å². The van der Waals surface area contributed by atoms with E-state index in [0.717, 1.165) is 19.3 Å². The molecule has 18 heavy (non-hydrogen) atoms. The molecule has 1 fully saturated rings. The van der Waals surface area contributed by atoms with E-state index in [1.165, 1.54) is 0 Å². The normalized spacial score (nSPS) is 17.2. The van der Waals surface area contributed by atoms with Gasteiger partial charge in [0.15, 0.2) is 0 Å². The molecule has 3 N–H and O–H groups in total. The number of ether oxygens (including phenoxy) is 1. The number of nitrogens with one attached hydrogen (secondary N) is 1. The van der Waals surface area contributed by atoms with Crippen molar-refractivity contribution in [3.05, 3.63) is 24.0 Å². The van der Waals surface area contributed by atoms with E-state index in [-0.39, 0.29) is 11.4 Å². The molecule has 1 saturated carbocycles. The first-order valence-corrected chi connectivity index (χ1v) is 6.36. The molecule has 1 heterocycles. The van der Waals surface area contributed by atoms with Gasteiger partial charge in [-0.05, 0) is 31.4 Å². The number of hydrogen-bond acceptors (Lipinski definition) is 3. The number of rotatable bonds is 6. The van der Waals surface area contributed by atoms with Crippen molar-refractivity contribution in [2.75, 3.05) is 20.3 Å². The minimum absolute atomic E-state index is 0.0622. The van der Waals surface area contributed by atoms with Gasteiger partial charge in [-0.15, -0.1) is 0 Å². The van der Waals surface area contributed by atoms with Gasteiger partial charge in [-0.1, -0.05) is 0 Å². The summed E-state index contributed by atoms with van der Waals surface area (Å²) in [4.78, 5) is 12.0. The summed E-state index contributed by atoms with van der Waals surface area (Å²) in [6, 6.07) is 3.68. The van der Waals surface area contributed by atoms with Crippen molar-refractivity contribution in [2.24, 2.45) is 5.73 Å². The Morgan fingerprint density at radius 1 is 1.61 bits per heavy atom. The second kappa shape index (κ2) is 5.54. The van der Waals surface area contributed by atoms with Crippen LogP contribution in [0.25, 0.3) is 0 Å². The standard InChI is InChI=1S/C13H21N3O2/c1-18-9-8-16-7-2-4-11(16)12(17)15-10-13(14)5-3-6-13/h2,4,7H,3,5-6,8-10,14H2,1H3,(H,15,17). The number of carbonyl (C=O) groups is 1. The van der Waals surface area contributed by atoms with Crippen LogP contribution in [-0.2, 0) is 11.3 Å². The van der Waals surface area contributed by atoms with Crippen molar-refractivity contribution in [1.82, 2.24) is 9.88 Å². The molecular formula is C13H21N3O2. The Labute approximate surface area is 107 Å². The van der Waals surface area contributed by atoms with E-state index in [1.807, 2.05) is 22.9 Å². The average Bonchev–Trinajstić information content (AvgIpc) is 2.79. The molecule has 100 valence electrons. The van der Waals surface area contributed by atoms with Crippen molar-refractivity contribution in [1.29, 1.82) is 0 Å². The molecule has 0 atom stereocenters. The summed E-state index contributed by atoms with van der Waals surface area (Å²) in [5.41, 5.74) is 6.56. The van der Waals surface area contributed by atoms with E-state index in [1.54, 1.807) is 7.11 Å². The van der Waals surface area contributed by atoms with Crippen LogP contribution < -0.4 is 11.1 Å². The Bertz CT molecular complexity index is 410. The third-order valence-corrected chi connectivity index (χ3v) is 3.55. The molecule has 1 amide bonds. The fourth-order valence-electron chi connectivity index (χ4n) is 2.16. The number of carbonyl (C=O) groups excluding carboxylic acids is 1. The lowest BCUT2D eigenvalue weighted by Crippen LogP contribution is -2.55. The highest BCUT2D eigenvalue weighted by atomic mass is 16.5. The third kappa shape index (κ3) is 2.91. The maximum atomic E-state index is 12.0. The number of aromatic nitrogens is 1. The van der Waals surface area contributed by atoms with Crippen LogP contribution >= 0.6 is 0 Å². The average molecular weight is 251 g/mol. The topological polar surface area (TPSA) is 69.3 Å². The predicted molar refractivity (Wildman–Crippen MR) is 69.4 cm³/mol. The van der Waals surface area contributed by atoms with Crippen molar-refractivity contribution in [3.8, 4) is 0 Å². The number of amides is 1. The molecule has 0 aliphatic heterocycles. The van der Waals surface area contributed by atoms with Crippen LogP contribution in [0.4, 0.5) is 0 Å². The Balaban J connectivity index is 1.89. The number of hydrogen-bond donors (Lipinski definition) is 2. The van der Waals surface area contributed by atoms with Crippen LogP contribution in [-0.4, -0.2) is 36.3 Å². The number of nitrogens with zero attached hydrogens (tertiary/aromatic N) is 1. The summed E-state index contributed by atoms with van der Waals surface area (Å²) in [7, 11) is 1.65. The van der Waals surface area contributed by atoms with E-state index in [2.05, 4.69) is 5.32 Å². The lowest BCUT2D eigenvalue weighted by Gasteiger charge is -2.38. The van der Waals surface area contributed by atoms with Gasteiger partial charge in [0.05, 0.1) is 6.61 Å². The van der Waals surface area contributed by atoms with Crippen LogP contribution in [0, 0.1) is 0 Å². The summed E-state index contributed by atoms with van der Waals surface area (Å²) in [5, 5.41) is 2.92. The highest BCUT2D eigenvalue weighted by Crippen LogP contribution is 2.28. The second-order valence-electron chi connectivity index (χ2n) is 4.98. The van der Waals surface area contributed by atoms with Gasteiger partial charge in [-0.25, -0.2) is 0 Å². The lowest BCUT2D eigenvalue weighted by molar-refractivity contribution is 0.0918. The molecule has 1 aromatic heterocycles. The SMILES string of the molecule is COCCn1cccc1C(=O)NCC1(N)CCC1. The molecule has 0 saturated heterocycles. The minimum atomic E-state index is -0.181.